The molecule has 1 amide bonds. The fraction of sp³-hybridized carbons (Fsp3) is 0. The summed E-state index contributed by atoms with van der Waals surface area (Å²) in [6.07, 6.45) is 0. The first kappa shape index (κ1) is 7.46. The van der Waals surface area contributed by atoms with Crippen LogP contribution in [0.3, 0.4) is 0 Å². The van der Waals surface area contributed by atoms with Crippen LogP contribution in [0.4, 0.5) is 4.48 Å². The van der Waals surface area contributed by atoms with Gasteiger partial charge in [0, 0.05) is 6.07 Å². The monoisotopic (exact) mass is 156 g/mol. The van der Waals surface area contributed by atoms with E-state index < -0.39 is 17.2 Å². The lowest BCUT2D eigenvalue weighted by molar-refractivity contribution is 0.0978. The maximum absolute atomic E-state index is 12.6. The van der Waals surface area contributed by atoms with Crippen LogP contribution in [-0.4, -0.2) is 10.7 Å². The molecule has 4 nitrogen and oxygen atoms in total. The summed E-state index contributed by atoms with van der Waals surface area (Å²) in [6.45, 7) is 0. The Kier molecular flexibility index (Phi) is 1.72. The van der Waals surface area contributed by atoms with E-state index in [-0.39, 0.29) is 4.79 Å². The molecule has 0 saturated heterocycles. The van der Waals surface area contributed by atoms with Crippen molar-refractivity contribution in [2.75, 3.05) is 0 Å². The molecular weight excluding hydrogens is 151 g/mol. The molecule has 0 saturated carbocycles. The van der Waals surface area contributed by atoms with Gasteiger partial charge in [-0.05, 0) is 6.07 Å². The highest BCUT2D eigenvalue weighted by molar-refractivity contribution is 5.90. The lowest BCUT2D eigenvalue weighted by Crippen LogP contribution is -2.23. The van der Waals surface area contributed by atoms with Crippen LogP contribution in [0.5, 0.6) is 0 Å². The zero-order valence-corrected chi connectivity index (χ0v) is 5.45. The van der Waals surface area contributed by atoms with Crippen molar-refractivity contribution >= 4 is 5.91 Å². The second-order valence-electron chi connectivity index (χ2n) is 1.89. The highest BCUT2D eigenvalue weighted by Crippen LogP contribution is 1.93. The molecule has 0 atom stereocenters. The van der Waals surface area contributed by atoms with Gasteiger partial charge in [-0.15, -0.1) is 4.79 Å². The number of rotatable bonds is 1. The van der Waals surface area contributed by atoms with E-state index in [9.17, 15) is 14.1 Å². The van der Waals surface area contributed by atoms with Crippen LogP contribution in [0.1, 0.15) is 10.5 Å². The van der Waals surface area contributed by atoms with Gasteiger partial charge in [0.15, 0.2) is 0 Å². The molecule has 0 aliphatic heterocycles. The highest BCUT2D eigenvalue weighted by atomic mass is 19.2. The van der Waals surface area contributed by atoms with E-state index in [0.29, 0.717) is 0 Å². The first-order valence-electron chi connectivity index (χ1n) is 2.81. The average Bonchev–Trinajstić information content (AvgIpc) is 1.94. The number of halogens is 1. The van der Waals surface area contributed by atoms with E-state index in [1.165, 1.54) is 6.07 Å². The number of amides is 1. The number of carbonyl (C=O) groups excluding carboxylic acids is 1. The third-order valence-electron chi connectivity index (χ3n) is 1.15. The zero-order chi connectivity index (χ0) is 8.43. The van der Waals surface area contributed by atoms with Crippen LogP contribution in [0.15, 0.2) is 23.0 Å². The summed E-state index contributed by atoms with van der Waals surface area (Å²) in [5, 5.41) is 0. The first-order chi connectivity index (χ1) is 5.13. The van der Waals surface area contributed by atoms with E-state index in [2.05, 4.69) is 0 Å². The fourth-order valence-corrected chi connectivity index (χ4v) is 0.650. The standard InChI is InChI=1S/C6H5FN2O2/c7-9-4(6(8)11)2-1-3-5(9)10/h1-3H,(H2,8,11). The fourth-order valence-electron chi connectivity index (χ4n) is 0.650. The molecule has 2 N–H and O–H groups in total. The highest BCUT2D eigenvalue weighted by Gasteiger charge is 2.06. The molecular formula is C6H5FN2O2. The number of primary amides is 1. The molecule has 1 rings (SSSR count). The van der Waals surface area contributed by atoms with Gasteiger partial charge in [0.05, 0.1) is 0 Å². The Morgan fingerprint density at radius 2 is 2.18 bits per heavy atom. The molecule has 0 radical (unpaired) electrons. The normalized spacial score (nSPS) is 9.55. The van der Waals surface area contributed by atoms with Crippen molar-refractivity contribution in [2.24, 2.45) is 5.73 Å². The third-order valence-corrected chi connectivity index (χ3v) is 1.15. The van der Waals surface area contributed by atoms with E-state index in [4.69, 9.17) is 5.73 Å². The average molecular weight is 156 g/mol. The number of aromatic nitrogens is 1. The molecule has 5 heteroatoms. The largest absolute Gasteiger partial charge is 0.364 e. The van der Waals surface area contributed by atoms with Crippen LogP contribution in [0.2, 0.25) is 0 Å². The zero-order valence-electron chi connectivity index (χ0n) is 5.45. The van der Waals surface area contributed by atoms with Crippen molar-refractivity contribution in [3.63, 3.8) is 0 Å². The quantitative estimate of drug-likeness (QED) is 0.605. The molecule has 0 fully saturated rings. The Morgan fingerprint density at radius 3 is 2.64 bits per heavy atom. The van der Waals surface area contributed by atoms with Gasteiger partial charge in [0.25, 0.3) is 11.5 Å². The summed E-state index contributed by atoms with van der Waals surface area (Å²) >= 11 is 0. The minimum atomic E-state index is -0.967. The maximum Gasteiger partial charge on any atom is 0.279 e. The molecule has 0 unspecified atom stereocenters. The second-order valence-corrected chi connectivity index (χ2v) is 1.89. The van der Waals surface area contributed by atoms with E-state index >= 15 is 0 Å². The van der Waals surface area contributed by atoms with Gasteiger partial charge >= 0.3 is 0 Å². The van der Waals surface area contributed by atoms with Crippen molar-refractivity contribution in [1.82, 2.24) is 4.79 Å². The predicted molar refractivity (Wildman–Crippen MR) is 35.7 cm³/mol. The lowest BCUT2D eigenvalue weighted by atomic mass is 10.3. The number of nitrogens with two attached hydrogens (primary N) is 1. The summed E-state index contributed by atoms with van der Waals surface area (Å²) < 4.78 is 12.6. The molecule has 0 aliphatic carbocycles. The molecule has 1 aromatic heterocycles. The van der Waals surface area contributed by atoms with Crippen molar-refractivity contribution in [2.45, 2.75) is 0 Å². The number of nitrogens with zero attached hydrogens (tertiary/aromatic N) is 1. The minimum Gasteiger partial charge on any atom is -0.364 e. The number of hydrogen-bond acceptors (Lipinski definition) is 2. The van der Waals surface area contributed by atoms with Crippen LogP contribution < -0.4 is 11.3 Å². The van der Waals surface area contributed by atoms with Gasteiger partial charge in [-0.3, -0.25) is 9.59 Å². The van der Waals surface area contributed by atoms with E-state index in [1.54, 1.807) is 0 Å². The summed E-state index contributed by atoms with van der Waals surface area (Å²) in [7, 11) is 0. The summed E-state index contributed by atoms with van der Waals surface area (Å²) in [5.41, 5.74) is 3.40. The first-order valence-corrected chi connectivity index (χ1v) is 2.81. The van der Waals surface area contributed by atoms with Crippen LogP contribution in [0.25, 0.3) is 0 Å². The Hall–Kier alpha value is -1.65. The summed E-state index contributed by atoms with van der Waals surface area (Å²) in [4.78, 5) is 20.6. The Bertz CT molecular complexity index is 345. The topological polar surface area (TPSA) is 65.1 Å². The molecule has 11 heavy (non-hydrogen) atoms. The molecule has 0 bridgehead atoms. The molecule has 1 heterocycles. The van der Waals surface area contributed by atoms with Crippen molar-refractivity contribution in [3.8, 4) is 0 Å². The van der Waals surface area contributed by atoms with Crippen LogP contribution in [0, 0.1) is 0 Å². The Morgan fingerprint density at radius 1 is 1.55 bits per heavy atom. The Balaban J connectivity index is 3.39. The Labute approximate surface area is 61.0 Å². The van der Waals surface area contributed by atoms with Gasteiger partial charge in [-0.1, -0.05) is 10.5 Å². The van der Waals surface area contributed by atoms with Gasteiger partial charge in [0.2, 0.25) is 0 Å². The van der Waals surface area contributed by atoms with E-state index in [0.717, 1.165) is 12.1 Å². The molecule has 0 aromatic carbocycles. The maximum atomic E-state index is 12.6. The van der Waals surface area contributed by atoms with Crippen LogP contribution in [-0.2, 0) is 0 Å². The second kappa shape index (κ2) is 2.53. The van der Waals surface area contributed by atoms with Crippen molar-refractivity contribution in [3.05, 3.63) is 34.2 Å². The van der Waals surface area contributed by atoms with Gasteiger partial charge in [-0.25, -0.2) is 0 Å². The number of hydrogen-bond donors (Lipinski definition) is 1. The number of pyridine rings is 1. The number of carbonyl (C=O) groups is 1. The molecule has 58 valence electrons. The molecule has 1 aromatic rings. The molecule has 0 aliphatic rings. The van der Waals surface area contributed by atoms with Crippen molar-refractivity contribution in [1.29, 1.82) is 0 Å². The van der Waals surface area contributed by atoms with Crippen molar-refractivity contribution < 1.29 is 9.28 Å². The minimum absolute atomic E-state index is 0.289. The van der Waals surface area contributed by atoms with E-state index in [1.807, 2.05) is 0 Å². The van der Waals surface area contributed by atoms with Gasteiger partial charge in [0.1, 0.15) is 5.69 Å². The summed E-state index contributed by atoms with van der Waals surface area (Å²) in [6, 6.07) is 3.38. The van der Waals surface area contributed by atoms with Gasteiger partial charge < -0.3 is 5.73 Å². The lowest BCUT2D eigenvalue weighted by Gasteiger charge is -1.96. The third kappa shape index (κ3) is 1.26. The van der Waals surface area contributed by atoms with Gasteiger partial charge in [-0.2, -0.15) is 0 Å². The smallest absolute Gasteiger partial charge is 0.279 e. The molecule has 0 spiro atoms. The summed E-state index contributed by atoms with van der Waals surface area (Å²) in [5.74, 6) is -0.967. The van der Waals surface area contributed by atoms with Crippen LogP contribution >= 0.6 is 0 Å². The predicted octanol–water partition coefficient (Wildman–Crippen LogP) is -0.320. The SMILES string of the molecule is NC(=O)c1cccc(=O)n1F.